The molecule has 1 saturated carbocycles. The highest BCUT2D eigenvalue weighted by Crippen LogP contribution is 2.38. The molecule has 17 heavy (non-hydrogen) atoms. The summed E-state index contributed by atoms with van der Waals surface area (Å²) >= 11 is 0. The van der Waals surface area contributed by atoms with Crippen molar-refractivity contribution in [1.82, 2.24) is 0 Å². The first-order valence-electron chi connectivity index (χ1n) is 6.50. The first-order valence-corrected chi connectivity index (χ1v) is 6.50. The Morgan fingerprint density at radius 1 is 1.47 bits per heavy atom. The van der Waals surface area contributed by atoms with Crippen LogP contribution in [0.3, 0.4) is 0 Å². The molecule has 2 rings (SSSR count). The third kappa shape index (κ3) is 2.86. The van der Waals surface area contributed by atoms with E-state index in [-0.39, 0.29) is 5.82 Å². The van der Waals surface area contributed by atoms with Crippen molar-refractivity contribution in [2.45, 2.75) is 51.6 Å². The van der Waals surface area contributed by atoms with Crippen LogP contribution >= 0.6 is 0 Å². The minimum Gasteiger partial charge on any atom is -0.390 e. The second kappa shape index (κ2) is 4.77. The maximum atomic E-state index is 13.0. The van der Waals surface area contributed by atoms with Crippen molar-refractivity contribution in [3.63, 3.8) is 0 Å². The molecule has 0 spiro atoms. The minimum atomic E-state index is -0.566. The van der Waals surface area contributed by atoms with Crippen molar-refractivity contribution in [1.29, 1.82) is 0 Å². The average Bonchev–Trinajstić information content (AvgIpc) is 2.65. The van der Waals surface area contributed by atoms with Crippen molar-refractivity contribution >= 4 is 0 Å². The fourth-order valence-electron chi connectivity index (χ4n) is 2.94. The summed E-state index contributed by atoms with van der Waals surface area (Å²) in [4.78, 5) is 0. The van der Waals surface area contributed by atoms with Gasteiger partial charge in [-0.05, 0) is 55.4 Å². The minimum absolute atomic E-state index is 0.198. The lowest BCUT2D eigenvalue weighted by Crippen LogP contribution is -2.28. The van der Waals surface area contributed by atoms with E-state index in [0.717, 1.165) is 36.8 Å². The van der Waals surface area contributed by atoms with Crippen LogP contribution in [0.5, 0.6) is 0 Å². The molecular formula is C15H21FO. The second-order valence-electron chi connectivity index (χ2n) is 5.49. The van der Waals surface area contributed by atoms with E-state index in [1.807, 2.05) is 13.0 Å². The SMILES string of the molecule is CCC1CCC(O)(Cc2ccc(F)cc2C)C1. The Morgan fingerprint density at radius 3 is 2.82 bits per heavy atom. The molecule has 1 N–H and O–H groups in total. The van der Waals surface area contributed by atoms with Gasteiger partial charge in [0.2, 0.25) is 0 Å². The summed E-state index contributed by atoms with van der Waals surface area (Å²) < 4.78 is 13.0. The highest BCUT2D eigenvalue weighted by molar-refractivity contribution is 5.28. The molecule has 94 valence electrons. The monoisotopic (exact) mass is 236 g/mol. The summed E-state index contributed by atoms with van der Waals surface area (Å²) in [6.07, 6.45) is 4.69. The van der Waals surface area contributed by atoms with Gasteiger partial charge in [-0.1, -0.05) is 19.4 Å². The van der Waals surface area contributed by atoms with E-state index >= 15 is 0 Å². The van der Waals surface area contributed by atoms with Crippen LogP contribution in [-0.4, -0.2) is 10.7 Å². The molecule has 2 unspecified atom stereocenters. The normalized spacial score (nSPS) is 28.6. The first kappa shape index (κ1) is 12.6. The molecule has 1 aliphatic carbocycles. The van der Waals surface area contributed by atoms with Gasteiger partial charge in [0, 0.05) is 6.42 Å². The van der Waals surface area contributed by atoms with Gasteiger partial charge in [-0.15, -0.1) is 0 Å². The van der Waals surface area contributed by atoms with Crippen LogP contribution in [0.4, 0.5) is 4.39 Å². The number of hydrogen-bond acceptors (Lipinski definition) is 1. The number of hydrogen-bond donors (Lipinski definition) is 1. The molecule has 1 fully saturated rings. The Bertz CT molecular complexity index is 402. The third-order valence-corrected chi connectivity index (χ3v) is 4.09. The Balaban J connectivity index is 2.10. The van der Waals surface area contributed by atoms with Gasteiger partial charge >= 0.3 is 0 Å². The highest BCUT2D eigenvalue weighted by Gasteiger charge is 2.36. The zero-order chi connectivity index (χ0) is 12.5. The van der Waals surface area contributed by atoms with Crippen LogP contribution in [0.15, 0.2) is 18.2 Å². The summed E-state index contributed by atoms with van der Waals surface area (Å²) in [5.41, 5.74) is 1.45. The molecule has 1 aromatic rings. The molecule has 0 radical (unpaired) electrons. The quantitative estimate of drug-likeness (QED) is 0.850. The molecule has 0 aliphatic heterocycles. The zero-order valence-electron chi connectivity index (χ0n) is 10.7. The number of aliphatic hydroxyl groups is 1. The lowest BCUT2D eigenvalue weighted by molar-refractivity contribution is 0.0435. The fraction of sp³-hybridized carbons (Fsp3) is 0.600. The standard InChI is InChI=1S/C15H21FO/c1-3-12-6-7-15(17,9-12)10-13-4-5-14(16)8-11(13)2/h4-5,8,12,17H,3,6-7,9-10H2,1-2H3. The molecule has 0 bridgehead atoms. The van der Waals surface area contributed by atoms with Crippen molar-refractivity contribution in [2.75, 3.05) is 0 Å². The molecule has 0 saturated heterocycles. The Hall–Kier alpha value is -0.890. The Morgan fingerprint density at radius 2 is 2.24 bits per heavy atom. The predicted octanol–water partition coefficient (Wildman–Crippen LogP) is 3.62. The predicted molar refractivity (Wildman–Crippen MR) is 67.4 cm³/mol. The van der Waals surface area contributed by atoms with E-state index in [0.29, 0.717) is 12.3 Å². The van der Waals surface area contributed by atoms with Crippen molar-refractivity contribution in [2.24, 2.45) is 5.92 Å². The first-order chi connectivity index (χ1) is 8.02. The van der Waals surface area contributed by atoms with Gasteiger partial charge in [-0.3, -0.25) is 0 Å². The van der Waals surface area contributed by atoms with E-state index in [1.165, 1.54) is 6.07 Å². The largest absolute Gasteiger partial charge is 0.390 e. The van der Waals surface area contributed by atoms with E-state index in [2.05, 4.69) is 6.92 Å². The van der Waals surface area contributed by atoms with Gasteiger partial charge in [0.15, 0.2) is 0 Å². The number of rotatable bonds is 3. The van der Waals surface area contributed by atoms with E-state index in [4.69, 9.17) is 0 Å². The highest BCUT2D eigenvalue weighted by atomic mass is 19.1. The van der Waals surface area contributed by atoms with Gasteiger partial charge in [-0.25, -0.2) is 4.39 Å². The molecule has 1 aliphatic rings. The van der Waals surface area contributed by atoms with Crippen molar-refractivity contribution in [3.8, 4) is 0 Å². The second-order valence-corrected chi connectivity index (χ2v) is 5.49. The summed E-state index contributed by atoms with van der Waals surface area (Å²) in [5, 5.41) is 10.5. The van der Waals surface area contributed by atoms with Crippen LogP contribution in [0, 0.1) is 18.7 Å². The van der Waals surface area contributed by atoms with Gasteiger partial charge in [0.1, 0.15) is 5.82 Å². The third-order valence-electron chi connectivity index (χ3n) is 4.09. The lowest BCUT2D eigenvalue weighted by atomic mass is 9.89. The van der Waals surface area contributed by atoms with Gasteiger partial charge in [-0.2, -0.15) is 0 Å². The molecule has 2 atom stereocenters. The number of halogens is 1. The molecule has 1 aromatic carbocycles. The average molecular weight is 236 g/mol. The molecular weight excluding hydrogens is 215 g/mol. The molecule has 0 aromatic heterocycles. The maximum Gasteiger partial charge on any atom is 0.123 e. The Labute approximate surface area is 103 Å². The van der Waals surface area contributed by atoms with E-state index in [1.54, 1.807) is 6.07 Å². The molecule has 0 heterocycles. The van der Waals surface area contributed by atoms with Crippen molar-refractivity contribution in [3.05, 3.63) is 35.1 Å². The van der Waals surface area contributed by atoms with Crippen LogP contribution < -0.4 is 0 Å². The maximum absolute atomic E-state index is 13.0. The van der Waals surface area contributed by atoms with Crippen molar-refractivity contribution < 1.29 is 9.50 Å². The van der Waals surface area contributed by atoms with Crippen LogP contribution in [-0.2, 0) is 6.42 Å². The summed E-state index contributed by atoms with van der Waals surface area (Å²) in [6.45, 7) is 4.09. The lowest BCUT2D eigenvalue weighted by Gasteiger charge is -2.24. The zero-order valence-corrected chi connectivity index (χ0v) is 10.7. The number of aryl methyl sites for hydroxylation is 1. The van der Waals surface area contributed by atoms with Crippen LogP contribution in [0.1, 0.15) is 43.7 Å². The topological polar surface area (TPSA) is 20.2 Å². The van der Waals surface area contributed by atoms with Gasteiger partial charge in [0.05, 0.1) is 5.60 Å². The summed E-state index contributed by atoms with van der Waals surface area (Å²) in [7, 11) is 0. The molecule has 0 amide bonds. The van der Waals surface area contributed by atoms with Gasteiger partial charge < -0.3 is 5.11 Å². The number of benzene rings is 1. The fourth-order valence-corrected chi connectivity index (χ4v) is 2.94. The Kier molecular flexibility index (Phi) is 3.53. The molecule has 2 heteroatoms. The summed E-state index contributed by atoms with van der Waals surface area (Å²) in [6, 6.07) is 4.84. The smallest absolute Gasteiger partial charge is 0.123 e. The van der Waals surface area contributed by atoms with E-state index in [9.17, 15) is 9.50 Å². The summed E-state index contributed by atoms with van der Waals surface area (Å²) in [5.74, 6) is 0.455. The van der Waals surface area contributed by atoms with Gasteiger partial charge in [0.25, 0.3) is 0 Å². The van der Waals surface area contributed by atoms with E-state index < -0.39 is 5.60 Å². The van der Waals surface area contributed by atoms with Crippen LogP contribution in [0.25, 0.3) is 0 Å². The molecule has 1 nitrogen and oxygen atoms in total. The van der Waals surface area contributed by atoms with Crippen LogP contribution in [0.2, 0.25) is 0 Å².